The Hall–Kier alpha value is -3.93. The van der Waals surface area contributed by atoms with E-state index in [0.717, 1.165) is 22.2 Å². The highest BCUT2D eigenvalue weighted by Crippen LogP contribution is 2.42. The van der Waals surface area contributed by atoms with Gasteiger partial charge >= 0.3 is 0 Å². The Morgan fingerprint density at radius 1 is 1.15 bits per heavy atom. The number of aromatic amines is 2. The number of benzene rings is 1. The molecule has 5 aromatic rings. The van der Waals surface area contributed by atoms with Gasteiger partial charge in [-0.25, -0.2) is 14.4 Å². The van der Waals surface area contributed by atoms with E-state index < -0.39 is 5.54 Å². The zero-order valence-corrected chi connectivity index (χ0v) is 22.0. The highest BCUT2D eigenvalue weighted by atomic mass is 19.1. The number of imidazole rings is 1. The molecule has 10 nitrogen and oxygen atoms in total. The van der Waals surface area contributed by atoms with Gasteiger partial charge in [-0.1, -0.05) is 18.2 Å². The van der Waals surface area contributed by atoms with E-state index in [-0.39, 0.29) is 18.5 Å². The van der Waals surface area contributed by atoms with Crippen molar-refractivity contribution in [2.75, 3.05) is 26.9 Å². The minimum absolute atomic E-state index is 0.248. The molecule has 0 spiro atoms. The number of para-hydroxylation sites is 1. The molecule has 4 aromatic heterocycles. The van der Waals surface area contributed by atoms with Gasteiger partial charge in [-0.05, 0) is 44.0 Å². The maximum Gasteiger partial charge on any atom is 0.245 e. The average molecular weight is 532 g/mol. The van der Waals surface area contributed by atoms with Crippen molar-refractivity contribution in [3.63, 3.8) is 0 Å². The number of methoxy groups -OCH3 is 1. The molecule has 0 amide bonds. The van der Waals surface area contributed by atoms with Crippen molar-refractivity contribution >= 4 is 10.9 Å². The number of nitrogens with one attached hydrogen (secondary N) is 3. The number of pyridine rings is 1. The monoisotopic (exact) mass is 531 g/mol. The molecule has 0 saturated heterocycles. The van der Waals surface area contributed by atoms with Crippen molar-refractivity contribution in [2.45, 2.75) is 38.3 Å². The first-order valence-electron chi connectivity index (χ1n) is 13.0. The first-order chi connectivity index (χ1) is 19.0. The van der Waals surface area contributed by atoms with Gasteiger partial charge < -0.3 is 23.9 Å². The van der Waals surface area contributed by atoms with Crippen LogP contribution in [0.5, 0.6) is 0 Å². The molecule has 0 saturated carbocycles. The van der Waals surface area contributed by atoms with E-state index in [2.05, 4.69) is 42.6 Å². The zero-order chi connectivity index (χ0) is 27.0. The summed E-state index contributed by atoms with van der Waals surface area (Å²) in [6, 6.07) is 11.0. The van der Waals surface area contributed by atoms with Crippen LogP contribution in [0.25, 0.3) is 22.3 Å². The normalized spacial score (nSPS) is 19.0. The number of ether oxygens (including phenoxy) is 2. The van der Waals surface area contributed by atoms with Crippen molar-refractivity contribution in [1.82, 2.24) is 35.5 Å². The lowest BCUT2D eigenvalue weighted by Gasteiger charge is -2.39. The lowest BCUT2D eigenvalue weighted by atomic mass is 9.83. The number of rotatable bonds is 9. The summed E-state index contributed by atoms with van der Waals surface area (Å²) in [5.41, 5.74) is 3.77. The molecular formula is C28H30FN7O3. The van der Waals surface area contributed by atoms with E-state index >= 15 is 0 Å². The molecular weight excluding hydrogens is 501 g/mol. The lowest BCUT2D eigenvalue weighted by molar-refractivity contribution is 0.0653. The molecule has 0 bridgehead atoms. The predicted molar refractivity (Wildman–Crippen MR) is 142 cm³/mol. The molecule has 0 aliphatic carbocycles. The number of nitrogens with zero attached hydrogens (tertiary/aromatic N) is 4. The van der Waals surface area contributed by atoms with E-state index in [1.807, 2.05) is 19.1 Å². The van der Waals surface area contributed by atoms with Gasteiger partial charge in [0.1, 0.15) is 11.6 Å². The molecule has 0 fully saturated rings. The quantitative estimate of drug-likeness (QED) is 0.259. The summed E-state index contributed by atoms with van der Waals surface area (Å²) in [4.78, 5) is 16.1. The number of H-pyrrole nitrogens is 2. The van der Waals surface area contributed by atoms with Gasteiger partial charge in [0.25, 0.3) is 0 Å². The van der Waals surface area contributed by atoms with Gasteiger partial charge in [-0.3, -0.25) is 5.32 Å². The van der Waals surface area contributed by atoms with Gasteiger partial charge in [0.2, 0.25) is 11.8 Å². The largest absolute Gasteiger partial charge is 0.423 e. The summed E-state index contributed by atoms with van der Waals surface area (Å²) in [7, 11) is 1.64. The highest BCUT2D eigenvalue weighted by Gasteiger charge is 2.49. The topological polar surface area (TPSA) is 127 Å². The molecule has 6 rings (SSSR count). The Morgan fingerprint density at radius 2 is 2.03 bits per heavy atom. The molecule has 202 valence electrons. The maximum atomic E-state index is 13.8. The molecule has 39 heavy (non-hydrogen) atoms. The van der Waals surface area contributed by atoms with E-state index in [9.17, 15) is 4.39 Å². The summed E-state index contributed by atoms with van der Waals surface area (Å²) in [5, 5.41) is 13.6. The molecule has 1 unspecified atom stereocenters. The summed E-state index contributed by atoms with van der Waals surface area (Å²) in [5.74, 6) is 1.26. The number of aryl methyl sites for hydroxylation is 1. The van der Waals surface area contributed by atoms with Crippen LogP contribution in [0, 0.1) is 12.7 Å². The third-order valence-electron chi connectivity index (χ3n) is 7.17. The number of hydrogen-bond donors (Lipinski definition) is 3. The minimum Gasteiger partial charge on any atom is -0.423 e. The predicted octanol–water partition coefficient (Wildman–Crippen LogP) is 4.14. The van der Waals surface area contributed by atoms with E-state index in [1.165, 1.54) is 6.07 Å². The number of fused-ring (bicyclic) bond motifs is 3. The second-order valence-corrected chi connectivity index (χ2v) is 9.66. The Bertz CT molecular complexity index is 1610. The molecule has 1 aliphatic rings. The van der Waals surface area contributed by atoms with Crippen LogP contribution in [0.4, 0.5) is 4.39 Å². The van der Waals surface area contributed by atoms with Crippen LogP contribution in [0.2, 0.25) is 0 Å². The van der Waals surface area contributed by atoms with Crippen LogP contribution < -0.4 is 5.32 Å². The van der Waals surface area contributed by atoms with Crippen molar-refractivity contribution in [3.8, 4) is 11.4 Å². The maximum absolute atomic E-state index is 13.8. The number of aromatic nitrogens is 6. The van der Waals surface area contributed by atoms with Crippen molar-refractivity contribution in [2.24, 2.45) is 0 Å². The van der Waals surface area contributed by atoms with Crippen LogP contribution in [0.3, 0.4) is 0 Å². The summed E-state index contributed by atoms with van der Waals surface area (Å²) in [6.45, 7) is 4.84. The van der Waals surface area contributed by atoms with Crippen molar-refractivity contribution in [3.05, 3.63) is 83.0 Å². The molecule has 3 N–H and O–H groups in total. The summed E-state index contributed by atoms with van der Waals surface area (Å²) >= 11 is 0. The van der Waals surface area contributed by atoms with Gasteiger partial charge in [0, 0.05) is 31.0 Å². The standard InChI is InChI=1S/C28H30FN7O3/c1-4-38-15-28(27-36-35-24(39-27)11-12-37-3)25-18(17-7-5-6-8-20(17)32-25)13-22(34-28)26-30-14-23(33-26)21-10-9-19(29)16(2)31-21/h5-10,14,22,32,34H,4,11-13,15H2,1-3H3,(H,30,33)/t22-,28?/m1/s1. The number of hydrogen-bond acceptors (Lipinski definition) is 8. The Labute approximate surface area is 224 Å². The van der Waals surface area contributed by atoms with Gasteiger partial charge in [-0.15, -0.1) is 10.2 Å². The van der Waals surface area contributed by atoms with Crippen LogP contribution in [0.1, 0.15) is 47.5 Å². The van der Waals surface area contributed by atoms with Crippen molar-refractivity contribution in [1.29, 1.82) is 0 Å². The van der Waals surface area contributed by atoms with Crippen LogP contribution in [-0.2, 0) is 27.9 Å². The number of halogens is 1. The van der Waals surface area contributed by atoms with Crippen LogP contribution in [0.15, 0.2) is 47.0 Å². The fourth-order valence-electron chi connectivity index (χ4n) is 5.22. The van der Waals surface area contributed by atoms with Gasteiger partial charge in [0.15, 0.2) is 5.54 Å². The third kappa shape index (κ3) is 4.52. The molecule has 1 aliphatic heterocycles. The van der Waals surface area contributed by atoms with Gasteiger partial charge in [0.05, 0.1) is 48.2 Å². The van der Waals surface area contributed by atoms with Crippen LogP contribution >= 0.6 is 0 Å². The average Bonchev–Trinajstić information content (AvgIpc) is 3.71. The fraction of sp³-hybridized carbons (Fsp3) is 0.357. The minimum atomic E-state index is -0.955. The van der Waals surface area contributed by atoms with Gasteiger partial charge in [-0.2, -0.15) is 0 Å². The first-order valence-corrected chi connectivity index (χ1v) is 13.0. The zero-order valence-electron chi connectivity index (χ0n) is 22.0. The Kier molecular flexibility index (Phi) is 6.71. The van der Waals surface area contributed by atoms with Crippen molar-refractivity contribution < 1.29 is 18.3 Å². The lowest BCUT2D eigenvalue weighted by Crippen LogP contribution is -2.53. The molecule has 5 heterocycles. The smallest absolute Gasteiger partial charge is 0.245 e. The summed E-state index contributed by atoms with van der Waals surface area (Å²) < 4.78 is 31.3. The second kappa shape index (κ2) is 10.3. The van der Waals surface area contributed by atoms with E-state index in [0.29, 0.717) is 60.7 Å². The molecule has 0 radical (unpaired) electrons. The summed E-state index contributed by atoms with van der Waals surface area (Å²) in [6.07, 6.45) is 2.88. The Balaban J connectivity index is 1.46. The third-order valence-corrected chi connectivity index (χ3v) is 7.17. The molecule has 1 aromatic carbocycles. The first kappa shape index (κ1) is 25.4. The fourth-order valence-corrected chi connectivity index (χ4v) is 5.22. The van der Waals surface area contributed by atoms with E-state index in [4.69, 9.17) is 18.9 Å². The SMILES string of the molecule is CCOCC1(c2nnc(CCOC)o2)N[C@@H](c2ncc(-c3ccc(F)c(C)n3)[nH]2)Cc2c1[nH]c1ccccc21. The van der Waals surface area contributed by atoms with E-state index in [1.54, 1.807) is 26.3 Å². The Morgan fingerprint density at radius 3 is 2.85 bits per heavy atom. The molecule has 11 heteroatoms. The molecule has 2 atom stereocenters. The second-order valence-electron chi connectivity index (χ2n) is 9.66. The van der Waals surface area contributed by atoms with Crippen LogP contribution in [-0.4, -0.2) is 57.1 Å². The highest BCUT2D eigenvalue weighted by molar-refractivity contribution is 5.85.